The zero-order valence-corrected chi connectivity index (χ0v) is 14.0. The van der Waals surface area contributed by atoms with Crippen LogP contribution in [0, 0.1) is 11.8 Å². The van der Waals surface area contributed by atoms with Crippen molar-refractivity contribution in [2.75, 3.05) is 18.4 Å². The van der Waals surface area contributed by atoms with Gasteiger partial charge in [-0.3, -0.25) is 4.79 Å². The number of H-pyrrole nitrogens is 1. The van der Waals surface area contributed by atoms with E-state index >= 15 is 0 Å². The lowest BCUT2D eigenvalue weighted by Crippen LogP contribution is -2.30. The molecule has 3 aromatic rings. The molecule has 0 bridgehead atoms. The lowest BCUT2D eigenvalue weighted by Gasteiger charge is -2.15. The molecule has 1 saturated heterocycles. The second-order valence-electron chi connectivity index (χ2n) is 6.05. The van der Waals surface area contributed by atoms with Crippen LogP contribution in [-0.4, -0.2) is 44.9 Å². The summed E-state index contributed by atoms with van der Waals surface area (Å²) in [6.07, 6.45) is 6.91. The third-order valence-corrected chi connectivity index (χ3v) is 4.30. The smallest absolute Gasteiger partial charge is 0.246 e. The third kappa shape index (κ3) is 3.17. The van der Waals surface area contributed by atoms with Gasteiger partial charge in [0.1, 0.15) is 24.1 Å². The van der Waals surface area contributed by atoms with Gasteiger partial charge < -0.3 is 19.6 Å². The Kier molecular flexibility index (Phi) is 4.15. The van der Waals surface area contributed by atoms with Crippen LogP contribution in [0.4, 0.5) is 5.82 Å². The molecule has 4 rings (SSSR count). The number of likely N-dealkylation sites (tertiary alicyclic amines) is 1. The minimum atomic E-state index is -0.0411. The SMILES string of the molecule is C=CC(=O)N1CC[C@@H](Nc2ncnc3[nH]c(C#Cc4ccoc4)cc23)C1. The summed E-state index contributed by atoms with van der Waals surface area (Å²) in [5.41, 5.74) is 2.28. The highest BCUT2D eigenvalue weighted by Crippen LogP contribution is 2.23. The van der Waals surface area contributed by atoms with Crippen LogP contribution in [0.1, 0.15) is 17.7 Å². The molecule has 130 valence electrons. The molecule has 0 radical (unpaired) electrons. The summed E-state index contributed by atoms with van der Waals surface area (Å²) in [5, 5.41) is 4.29. The monoisotopic (exact) mass is 347 g/mol. The average molecular weight is 347 g/mol. The zero-order chi connectivity index (χ0) is 17.9. The normalized spacial score (nSPS) is 16.3. The Morgan fingerprint density at radius 2 is 2.38 bits per heavy atom. The van der Waals surface area contributed by atoms with Crippen molar-refractivity contribution < 1.29 is 9.21 Å². The number of rotatable bonds is 3. The van der Waals surface area contributed by atoms with E-state index in [-0.39, 0.29) is 11.9 Å². The fraction of sp³-hybridized carbons (Fsp3) is 0.211. The minimum Gasteiger partial charge on any atom is -0.471 e. The van der Waals surface area contributed by atoms with Crippen LogP contribution >= 0.6 is 0 Å². The molecule has 7 heteroatoms. The second kappa shape index (κ2) is 6.76. The van der Waals surface area contributed by atoms with Gasteiger partial charge in [0, 0.05) is 19.1 Å². The Hall–Kier alpha value is -3.53. The Morgan fingerprint density at radius 1 is 1.46 bits per heavy atom. The molecule has 0 aromatic carbocycles. The van der Waals surface area contributed by atoms with E-state index in [0.717, 1.165) is 34.5 Å². The molecule has 0 spiro atoms. The fourth-order valence-corrected chi connectivity index (χ4v) is 3.00. The number of nitrogens with zero attached hydrogens (tertiary/aromatic N) is 3. The summed E-state index contributed by atoms with van der Waals surface area (Å²) in [6.45, 7) is 4.89. The number of hydrogen-bond donors (Lipinski definition) is 2. The van der Waals surface area contributed by atoms with Gasteiger partial charge in [0.15, 0.2) is 0 Å². The van der Waals surface area contributed by atoms with E-state index in [1.54, 1.807) is 23.5 Å². The number of hydrogen-bond acceptors (Lipinski definition) is 5. The van der Waals surface area contributed by atoms with Gasteiger partial charge in [-0.05, 0) is 30.6 Å². The number of carbonyl (C=O) groups is 1. The van der Waals surface area contributed by atoms with Crippen molar-refractivity contribution in [1.29, 1.82) is 0 Å². The molecule has 0 aliphatic carbocycles. The number of furan rings is 1. The highest BCUT2D eigenvalue weighted by molar-refractivity contribution is 5.89. The van der Waals surface area contributed by atoms with Crippen LogP contribution in [0.25, 0.3) is 11.0 Å². The minimum absolute atomic E-state index is 0.0411. The van der Waals surface area contributed by atoms with Crippen LogP contribution in [0.3, 0.4) is 0 Å². The quantitative estimate of drug-likeness (QED) is 0.560. The van der Waals surface area contributed by atoms with Crippen molar-refractivity contribution in [1.82, 2.24) is 19.9 Å². The maximum absolute atomic E-state index is 11.7. The molecule has 3 aromatic heterocycles. The zero-order valence-electron chi connectivity index (χ0n) is 14.0. The third-order valence-electron chi connectivity index (χ3n) is 4.30. The highest BCUT2D eigenvalue weighted by Gasteiger charge is 2.25. The van der Waals surface area contributed by atoms with E-state index < -0.39 is 0 Å². The predicted octanol–water partition coefficient (Wildman–Crippen LogP) is 2.15. The number of aromatic nitrogens is 3. The summed E-state index contributed by atoms with van der Waals surface area (Å²) >= 11 is 0. The van der Waals surface area contributed by atoms with Crippen molar-refractivity contribution in [2.24, 2.45) is 0 Å². The van der Waals surface area contributed by atoms with E-state index in [1.807, 2.05) is 6.07 Å². The number of aromatic amines is 1. The second-order valence-corrected chi connectivity index (χ2v) is 6.05. The molecule has 4 heterocycles. The maximum Gasteiger partial charge on any atom is 0.246 e. The van der Waals surface area contributed by atoms with Gasteiger partial charge in [-0.25, -0.2) is 9.97 Å². The average Bonchev–Trinajstić information content (AvgIpc) is 3.39. The number of nitrogens with one attached hydrogen (secondary N) is 2. The highest BCUT2D eigenvalue weighted by atomic mass is 16.3. The Bertz CT molecular complexity index is 1010. The Labute approximate surface area is 150 Å². The lowest BCUT2D eigenvalue weighted by molar-refractivity contribution is -0.125. The van der Waals surface area contributed by atoms with Crippen molar-refractivity contribution >= 4 is 22.8 Å². The fourth-order valence-electron chi connectivity index (χ4n) is 3.00. The van der Waals surface area contributed by atoms with Gasteiger partial charge in [-0.2, -0.15) is 0 Å². The summed E-state index contributed by atoms with van der Waals surface area (Å²) in [7, 11) is 0. The van der Waals surface area contributed by atoms with E-state index in [2.05, 4.69) is 38.7 Å². The molecule has 1 amide bonds. The van der Waals surface area contributed by atoms with Crippen LogP contribution < -0.4 is 5.32 Å². The first-order valence-electron chi connectivity index (χ1n) is 8.29. The van der Waals surface area contributed by atoms with Gasteiger partial charge in [-0.1, -0.05) is 12.5 Å². The van der Waals surface area contributed by atoms with Gasteiger partial charge in [0.05, 0.1) is 22.9 Å². The van der Waals surface area contributed by atoms with Crippen molar-refractivity contribution in [3.05, 3.63) is 54.9 Å². The molecule has 0 unspecified atom stereocenters. The number of amides is 1. The van der Waals surface area contributed by atoms with Crippen LogP contribution in [-0.2, 0) is 4.79 Å². The van der Waals surface area contributed by atoms with Crippen LogP contribution in [0.15, 0.2) is 48.1 Å². The molecule has 0 saturated carbocycles. The number of fused-ring (bicyclic) bond motifs is 1. The first-order chi connectivity index (χ1) is 12.7. The summed E-state index contributed by atoms with van der Waals surface area (Å²) in [4.78, 5) is 25.3. The van der Waals surface area contributed by atoms with Crippen LogP contribution in [0.5, 0.6) is 0 Å². The van der Waals surface area contributed by atoms with Gasteiger partial charge in [0.25, 0.3) is 0 Å². The first-order valence-corrected chi connectivity index (χ1v) is 8.29. The number of anilines is 1. The largest absolute Gasteiger partial charge is 0.471 e. The molecule has 1 atom stereocenters. The van der Waals surface area contributed by atoms with E-state index in [0.29, 0.717) is 13.1 Å². The lowest BCUT2D eigenvalue weighted by atomic mass is 10.2. The van der Waals surface area contributed by atoms with Crippen LogP contribution in [0.2, 0.25) is 0 Å². The molecular weight excluding hydrogens is 330 g/mol. The van der Waals surface area contributed by atoms with Crippen molar-refractivity contribution in [3.8, 4) is 11.8 Å². The number of carbonyl (C=O) groups excluding carboxylic acids is 1. The van der Waals surface area contributed by atoms with E-state index in [9.17, 15) is 4.79 Å². The maximum atomic E-state index is 11.7. The standard InChI is InChI=1S/C19H17N5O2/c1-2-17(25)24-7-5-15(10-24)23-19-16-9-14(22-18(16)20-12-21-19)4-3-13-6-8-26-11-13/h2,6,8-9,11-12,15H,1,5,7,10H2,(H2,20,21,22,23)/t15-/m1/s1. The Balaban J connectivity index is 1.55. The summed E-state index contributed by atoms with van der Waals surface area (Å²) < 4.78 is 5.01. The predicted molar refractivity (Wildman–Crippen MR) is 97.4 cm³/mol. The van der Waals surface area contributed by atoms with E-state index in [1.165, 1.54) is 12.4 Å². The Morgan fingerprint density at radius 3 is 3.19 bits per heavy atom. The first kappa shape index (κ1) is 16.0. The molecular formula is C19H17N5O2. The molecule has 1 aliphatic rings. The topological polar surface area (TPSA) is 87.0 Å². The van der Waals surface area contributed by atoms with Gasteiger partial charge in [-0.15, -0.1) is 0 Å². The summed E-state index contributed by atoms with van der Waals surface area (Å²) in [6, 6.07) is 3.87. The van der Waals surface area contributed by atoms with Gasteiger partial charge >= 0.3 is 0 Å². The molecule has 2 N–H and O–H groups in total. The van der Waals surface area contributed by atoms with Crippen molar-refractivity contribution in [3.63, 3.8) is 0 Å². The van der Waals surface area contributed by atoms with E-state index in [4.69, 9.17) is 4.42 Å². The summed E-state index contributed by atoms with van der Waals surface area (Å²) in [5.74, 6) is 6.78. The molecule has 7 nitrogen and oxygen atoms in total. The molecule has 1 aliphatic heterocycles. The molecule has 1 fully saturated rings. The molecule has 26 heavy (non-hydrogen) atoms. The van der Waals surface area contributed by atoms with Gasteiger partial charge in [0.2, 0.25) is 5.91 Å². The van der Waals surface area contributed by atoms with Crippen molar-refractivity contribution in [2.45, 2.75) is 12.5 Å².